The maximum Gasteiger partial charge on any atom is 0.305 e. The highest BCUT2D eigenvalue weighted by molar-refractivity contribution is 5.66. The van der Waals surface area contributed by atoms with Crippen LogP contribution in [0.2, 0.25) is 0 Å². The first kappa shape index (κ1) is 9.89. The van der Waals surface area contributed by atoms with Gasteiger partial charge in [-0.15, -0.1) is 0 Å². The van der Waals surface area contributed by atoms with Crippen molar-refractivity contribution in [2.75, 3.05) is 6.61 Å². The van der Waals surface area contributed by atoms with Crippen LogP contribution >= 0.6 is 0 Å². The van der Waals surface area contributed by atoms with E-state index < -0.39 is 12.1 Å². The highest BCUT2D eigenvalue weighted by atomic mass is 16.8. The number of carbonyl (C=O) groups excluding carboxylic acids is 1. The van der Waals surface area contributed by atoms with Crippen molar-refractivity contribution in [3.05, 3.63) is 0 Å². The predicted octanol–water partition coefficient (Wildman–Crippen LogP) is 0.426. The van der Waals surface area contributed by atoms with Crippen LogP contribution in [0.25, 0.3) is 0 Å². The molecule has 80 valence electrons. The summed E-state index contributed by atoms with van der Waals surface area (Å²) in [5.41, 5.74) is 0. The minimum Gasteiger partial charge on any atom is -0.433 e. The Kier molecular flexibility index (Phi) is 2.25. The molecule has 2 fully saturated rings. The number of fused-ring (bicyclic) bond motifs is 1. The zero-order chi connectivity index (χ0) is 10.3. The van der Waals surface area contributed by atoms with Crippen LogP contribution in [0.1, 0.15) is 20.8 Å². The van der Waals surface area contributed by atoms with Gasteiger partial charge in [0.1, 0.15) is 6.10 Å². The van der Waals surface area contributed by atoms with Gasteiger partial charge in [0.15, 0.2) is 11.9 Å². The molecule has 14 heavy (non-hydrogen) atoms. The first-order chi connectivity index (χ1) is 6.48. The van der Waals surface area contributed by atoms with Crippen molar-refractivity contribution in [3.63, 3.8) is 0 Å². The van der Waals surface area contributed by atoms with E-state index in [1.165, 1.54) is 6.92 Å². The molecule has 3 atom stereocenters. The maximum absolute atomic E-state index is 10.8. The van der Waals surface area contributed by atoms with E-state index in [0.717, 1.165) is 0 Å². The molecule has 2 rings (SSSR count). The van der Waals surface area contributed by atoms with Crippen molar-refractivity contribution in [2.24, 2.45) is 0 Å². The van der Waals surface area contributed by atoms with E-state index in [2.05, 4.69) is 0 Å². The van der Waals surface area contributed by atoms with E-state index >= 15 is 0 Å². The van der Waals surface area contributed by atoms with Gasteiger partial charge < -0.3 is 18.9 Å². The van der Waals surface area contributed by atoms with Crippen molar-refractivity contribution in [1.82, 2.24) is 0 Å². The fourth-order valence-corrected chi connectivity index (χ4v) is 1.77. The van der Waals surface area contributed by atoms with Crippen molar-refractivity contribution in [1.29, 1.82) is 0 Å². The van der Waals surface area contributed by atoms with Crippen LogP contribution in [0.4, 0.5) is 0 Å². The average Bonchev–Trinajstić information content (AvgIpc) is 2.47. The van der Waals surface area contributed by atoms with Gasteiger partial charge in [-0.2, -0.15) is 0 Å². The molecule has 2 aliphatic rings. The van der Waals surface area contributed by atoms with Gasteiger partial charge in [0, 0.05) is 6.92 Å². The second-order valence-electron chi connectivity index (χ2n) is 3.95. The summed E-state index contributed by atoms with van der Waals surface area (Å²) in [5.74, 6) is -0.985. The van der Waals surface area contributed by atoms with E-state index in [1.54, 1.807) is 0 Å². The van der Waals surface area contributed by atoms with Gasteiger partial charge in [-0.1, -0.05) is 0 Å². The number of hydrogen-bond donors (Lipinski definition) is 0. The summed E-state index contributed by atoms with van der Waals surface area (Å²) in [5, 5.41) is 0. The summed E-state index contributed by atoms with van der Waals surface area (Å²) in [6.07, 6.45) is -1.05. The van der Waals surface area contributed by atoms with E-state index in [0.29, 0.717) is 6.61 Å². The van der Waals surface area contributed by atoms with E-state index in [1.807, 2.05) is 13.8 Å². The lowest BCUT2D eigenvalue weighted by molar-refractivity contribution is -0.218. The lowest BCUT2D eigenvalue weighted by Crippen LogP contribution is -2.32. The highest BCUT2D eigenvalue weighted by Crippen LogP contribution is 2.35. The molecule has 2 heterocycles. The molecular formula is C9H14O5. The standard InChI is InChI=1S/C9H14O5/c1-5(10)12-8-7-6(4-11-8)13-9(2,3)14-7/h6-8H,4H2,1-3H3/t6-,7-,8-/m0/s1. The molecule has 0 aromatic carbocycles. The van der Waals surface area contributed by atoms with Crippen molar-refractivity contribution in [2.45, 2.75) is 45.1 Å². The summed E-state index contributed by atoms with van der Waals surface area (Å²) in [6.45, 7) is 5.41. The van der Waals surface area contributed by atoms with Gasteiger partial charge in [0.05, 0.1) is 6.61 Å². The van der Waals surface area contributed by atoms with Crippen molar-refractivity contribution < 1.29 is 23.7 Å². The Labute approximate surface area is 82.3 Å². The van der Waals surface area contributed by atoms with Crippen LogP contribution in [0.3, 0.4) is 0 Å². The topological polar surface area (TPSA) is 54.0 Å². The Balaban J connectivity index is 2.01. The maximum atomic E-state index is 10.8. The Hall–Kier alpha value is -0.650. The molecule has 2 saturated heterocycles. The molecule has 0 spiro atoms. The first-order valence-corrected chi connectivity index (χ1v) is 4.62. The summed E-state index contributed by atoms with van der Waals surface area (Å²) in [6, 6.07) is 0. The first-order valence-electron chi connectivity index (χ1n) is 4.62. The van der Waals surface area contributed by atoms with Crippen LogP contribution in [0, 0.1) is 0 Å². The Bertz CT molecular complexity index is 250. The van der Waals surface area contributed by atoms with Crippen LogP contribution in [-0.4, -0.2) is 36.9 Å². The summed E-state index contributed by atoms with van der Waals surface area (Å²) in [7, 11) is 0. The fourth-order valence-electron chi connectivity index (χ4n) is 1.77. The van der Waals surface area contributed by atoms with E-state index in [9.17, 15) is 4.79 Å². The lowest BCUT2D eigenvalue weighted by Gasteiger charge is -2.21. The zero-order valence-electron chi connectivity index (χ0n) is 8.48. The third-order valence-electron chi connectivity index (χ3n) is 2.20. The molecule has 0 unspecified atom stereocenters. The van der Waals surface area contributed by atoms with Gasteiger partial charge in [-0.05, 0) is 13.8 Å². The molecule has 5 nitrogen and oxygen atoms in total. The lowest BCUT2D eigenvalue weighted by atomic mass is 10.2. The Morgan fingerprint density at radius 2 is 2.14 bits per heavy atom. The molecule has 0 radical (unpaired) electrons. The molecule has 0 aromatic heterocycles. The molecule has 0 aliphatic carbocycles. The van der Waals surface area contributed by atoms with Gasteiger partial charge >= 0.3 is 5.97 Å². The molecule has 0 bridgehead atoms. The molecule has 5 heteroatoms. The monoisotopic (exact) mass is 202 g/mol. The smallest absolute Gasteiger partial charge is 0.305 e. The number of rotatable bonds is 1. The molecule has 2 aliphatic heterocycles. The third kappa shape index (κ3) is 1.75. The second kappa shape index (κ2) is 3.18. The number of carbonyl (C=O) groups is 1. The van der Waals surface area contributed by atoms with Gasteiger partial charge in [0.2, 0.25) is 6.29 Å². The minimum absolute atomic E-state index is 0.130. The molecule has 0 aromatic rings. The van der Waals surface area contributed by atoms with Gasteiger partial charge in [-0.3, -0.25) is 4.79 Å². The Morgan fingerprint density at radius 1 is 1.43 bits per heavy atom. The fraction of sp³-hybridized carbons (Fsp3) is 0.889. The van der Waals surface area contributed by atoms with E-state index in [-0.39, 0.29) is 18.2 Å². The normalized spacial score (nSPS) is 39.5. The zero-order valence-corrected chi connectivity index (χ0v) is 8.48. The largest absolute Gasteiger partial charge is 0.433 e. The minimum atomic E-state index is -0.626. The summed E-state index contributed by atoms with van der Waals surface area (Å²) < 4.78 is 21.3. The molecular weight excluding hydrogens is 188 g/mol. The quantitative estimate of drug-likeness (QED) is 0.577. The number of hydrogen-bond acceptors (Lipinski definition) is 5. The second-order valence-corrected chi connectivity index (χ2v) is 3.95. The third-order valence-corrected chi connectivity index (χ3v) is 2.20. The predicted molar refractivity (Wildman–Crippen MR) is 45.3 cm³/mol. The van der Waals surface area contributed by atoms with Crippen molar-refractivity contribution >= 4 is 5.97 Å². The summed E-state index contributed by atoms with van der Waals surface area (Å²) in [4.78, 5) is 10.8. The van der Waals surface area contributed by atoms with Gasteiger partial charge in [-0.25, -0.2) is 0 Å². The number of esters is 1. The molecule has 0 N–H and O–H groups in total. The highest BCUT2D eigenvalue weighted by Gasteiger charge is 2.51. The Morgan fingerprint density at radius 3 is 2.79 bits per heavy atom. The number of ether oxygens (including phenoxy) is 4. The van der Waals surface area contributed by atoms with Crippen LogP contribution in [0.5, 0.6) is 0 Å². The average molecular weight is 202 g/mol. The SMILES string of the molecule is CC(=O)O[C@@H]1OC[C@@H]2OC(C)(C)O[C@H]12. The van der Waals surface area contributed by atoms with E-state index in [4.69, 9.17) is 18.9 Å². The van der Waals surface area contributed by atoms with Crippen LogP contribution in [0.15, 0.2) is 0 Å². The summed E-state index contributed by atoms with van der Waals surface area (Å²) >= 11 is 0. The molecule has 0 saturated carbocycles. The van der Waals surface area contributed by atoms with Crippen LogP contribution < -0.4 is 0 Å². The van der Waals surface area contributed by atoms with Crippen molar-refractivity contribution in [3.8, 4) is 0 Å². The molecule has 0 amide bonds. The van der Waals surface area contributed by atoms with Crippen LogP contribution in [-0.2, 0) is 23.7 Å². The van der Waals surface area contributed by atoms with Gasteiger partial charge in [0.25, 0.3) is 0 Å².